The Balaban J connectivity index is 2.11. The molecular formula is C18H18N2O3S. The Morgan fingerprint density at radius 2 is 2.12 bits per heavy atom. The molecule has 1 aromatic carbocycles. The summed E-state index contributed by atoms with van der Waals surface area (Å²) >= 11 is 1.49. The summed E-state index contributed by atoms with van der Waals surface area (Å²) in [6, 6.07) is 9.26. The summed E-state index contributed by atoms with van der Waals surface area (Å²) < 4.78 is 10.4. The number of hydrogen-bond donors (Lipinski definition) is 1. The number of amides is 1. The second kappa shape index (κ2) is 8.18. The molecular weight excluding hydrogens is 324 g/mol. The zero-order chi connectivity index (χ0) is 17.5. The van der Waals surface area contributed by atoms with Gasteiger partial charge in [-0.05, 0) is 42.1 Å². The molecule has 0 spiro atoms. The van der Waals surface area contributed by atoms with Gasteiger partial charge in [-0.2, -0.15) is 5.26 Å². The van der Waals surface area contributed by atoms with Crippen molar-refractivity contribution in [2.75, 3.05) is 14.2 Å². The number of benzene rings is 1. The Morgan fingerprint density at radius 1 is 1.33 bits per heavy atom. The van der Waals surface area contributed by atoms with Crippen molar-refractivity contribution in [3.63, 3.8) is 0 Å². The maximum Gasteiger partial charge on any atom is 0.262 e. The number of nitrogens with one attached hydrogen (secondary N) is 1. The molecule has 124 valence electrons. The van der Waals surface area contributed by atoms with Crippen LogP contribution in [-0.4, -0.2) is 20.1 Å². The summed E-state index contributed by atoms with van der Waals surface area (Å²) in [5.41, 5.74) is 1.92. The SMILES string of the molecule is COc1ccc(CNC(=O)/C(C#N)=C/c2sccc2C)c(OC)c1. The topological polar surface area (TPSA) is 71.3 Å². The summed E-state index contributed by atoms with van der Waals surface area (Å²) in [4.78, 5) is 13.2. The molecule has 0 atom stereocenters. The molecule has 0 fully saturated rings. The van der Waals surface area contributed by atoms with E-state index in [1.54, 1.807) is 32.4 Å². The van der Waals surface area contributed by atoms with E-state index in [9.17, 15) is 10.1 Å². The number of nitrogens with zero attached hydrogens (tertiary/aromatic N) is 1. The monoisotopic (exact) mass is 342 g/mol. The van der Waals surface area contributed by atoms with Gasteiger partial charge in [-0.25, -0.2) is 0 Å². The fraction of sp³-hybridized carbons (Fsp3) is 0.222. The van der Waals surface area contributed by atoms with Crippen LogP contribution in [0.5, 0.6) is 11.5 Å². The predicted molar refractivity (Wildman–Crippen MR) is 94.0 cm³/mol. The number of thiophene rings is 1. The van der Waals surface area contributed by atoms with Gasteiger partial charge >= 0.3 is 0 Å². The van der Waals surface area contributed by atoms with Gasteiger partial charge in [0.05, 0.1) is 14.2 Å². The van der Waals surface area contributed by atoms with Crippen LogP contribution in [0.2, 0.25) is 0 Å². The predicted octanol–water partition coefficient (Wildman–Crippen LogP) is 3.30. The molecule has 0 bridgehead atoms. The second-order valence-electron chi connectivity index (χ2n) is 5.00. The summed E-state index contributed by atoms with van der Waals surface area (Å²) in [7, 11) is 3.13. The first-order chi connectivity index (χ1) is 11.6. The summed E-state index contributed by atoms with van der Waals surface area (Å²) in [5, 5.41) is 13.9. The molecule has 2 rings (SSSR count). The number of methoxy groups -OCH3 is 2. The number of carbonyl (C=O) groups excluding carboxylic acids is 1. The molecule has 0 radical (unpaired) electrons. The molecule has 0 aliphatic heterocycles. The maximum absolute atomic E-state index is 12.2. The number of nitriles is 1. The van der Waals surface area contributed by atoms with Crippen molar-refractivity contribution in [3.8, 4) is 17.6 Å². The lowest BCUT2D eigenvalue weighted by Gasteiger charge is -2.11. The van der Waals surface area contributed by atoms with E-state index in [1.807, 2.05) is 30.5 Å². The number of aryl methyl sites for hydroxylation is 1. The van der Waals surface area contributed by atoms with Gasteiger partial charge in [0, 0.05) is 23.1 Å². The molecule has 1 amide bonds. The molecule has 0 saturated carbocycles. The highest BCUT2D eigenvalue weighted by atomic mass is 32.1. The average Bonchev–Trinajstić information content (AvgIpc) is 3.02. The third-order valence-electron chi connectivity index (χ3n) is 3.48. The van der Waals surface area contributed by atoms with E-state index in [0.717, 1.165) is 16.0 Å². The van der Waals surface area contributed by atoms with Gasteiger partial charge in [0.15, 0.2) is 0 Å². The minimum Gasteiger partial charge on any atom is -0.497 e. The number of carbonyl (C=O) groups is 1. The Hall–Kier alpha value is -2.78. The van der Waals surface area contributed by atoms with Crippen LogP contribution in [0.4, 0.5) is 0 Å². The van der Waals surface area contributed by atoms with E-state index in [2.05, 4.69) is 5.32 Å². The van der Waals surface area contributed by atoms with Crippen LogP contribution in [0, 0.1) is 18.3 Å². The van der Waals surface area contributed by atoms with Crippen molar-refractivity contribution in [3.05, 3.63) is 51.2 Å². The third kappa shape index (κ3) is 4.15. The van der Waals surface area contributed by atoms with Crippen molar-refractivity contribution in [2.45, 2.75) is 13.5 Å². The van der Waals surface area contributed by atoms with Crippen molar-refractivity contribution >= 4 is 23.3 Å². The second-order valence-corrected chi connectivity index (χ2v) is 5.95. The van der Waals surface area contributed by atoms with Crippen LogP contribution in [0.25, 0.3) is 6.08 Å². The maximum atomic E-state index is 12.2. The number of ether oxygens (including phenoxy) is 2. The first-order valence-electron chi connectivity index (χ1n) is 7.24. The average molecular weight is 342 g/mol. The number of rotatable bonds is 6. The van der Waals surface area contributed by atoms with Crippen LogP contribution in [0.3, 0.4) is 0 Å². The van der Waals surface area contributed by atoms with Gasteiger partial charge in [0.25, 0.3) is 5.91 Å². The fourth-order valence-electron chi connectivity index (χ4n) is 2.08. The molecule has 1 aromatic heterocycles. The van der Waals surface area contributed by atoms with Crippen LogP contribution in [0.1, 0.15) is 16.0 Å². The van der Waals surface area contributed by atoms with Gasteiger partial charge in [-0.1, -0.05) is 0 Å². The van der Waals surface area contributed by atoms with Crippen molar-refractivity contribution < 1.29 is 14.3 Å². The standard InChI is InChI=1S/C18H18N2O3S/c1-12-6-7-24-17(12)8-14(10-19)18(21)20-11-13-4-5-15(22-2)9-16(13)23-3/h4-9H,11H2,1-3H3,(H,20,21)/b14-8+. The summed E-state index contributed by atoms with van der Waals surface area (Å²) in [6.07, 6.45) is 1.61. The van der Waals surface area contributed by atoms with Gasteiger partial charge in [0.2, 0.25) is 0 Å². The number of hydrogen-bond acceptors (Lipinski definition) is 5. The summed E-state index contributed by atoms with van der Waals surface area (Å²) in [6.45, 7) is 2.20. The lowest BCUT2D eigenvalue weighted by molar-refractivity contribution is -0.117. The minimum absolute atomic E-state index is 0.0769. The van der Waals surface area contributed by atoms with E-state index >= 15 is 0 Å². The van der Waals surface area contributed by atoms with E-state index in [0.29, 0.717) is 11.5 Å². The molecule has 24 heavy (non-hydrogen) atoms. The van der Waals surface area contributed by atoms with Gasteiger partial charge in [-0.3, -0.25) is 4.79 Å². The van der Waals surface area contributed by atoms with Gasteiger partial charge < -0.3 is 14.8 Å². The fourth-order valence-corrected chi connectivity index (χ4v) is 2.94. The molecule has 6 heteroatoms. The smallest absolute Gasteiger partial charge is 0.262 e. The van der Waals surface area contributed by atoms with E-state index in [1.165, 1.54) is 11.3 Å². The Morgan fingerprint density at radius 3 is 2.71 bits per heavy atom. The quantitative estimate of drug-likeness (QED) is 0.646. The molecule has 1 N–H and O–H groups in total. The Bertz CT molecular complexity index is 803. The van der Waals surface area contributed by atoms with Crippen LogP contribution < -0.4 is 14.8 Å². The van der Waals surface area contributed by atoms with Gasteiger partial charge in [-0.15, -0.1) is 11.3 Å². The zero-order valence-corrected chi connectivity index (χ0v) is 14.6. The van der Waals surface area contributed by atoms with E-state index in [4.69, 9.17) is 9.47 Å². The largest absolute Gasteiger partial charge is 0.497 e. The minimum atomic E-state index is -0.414. The highest BCUT2D eigenvalue weighted by molar-refractivity contribution is 7.11. The summed E-state index contributed by atoms with van der Waals surface area (Å²) in [5.74, 6) is 0.877. The van der Waals surface area contributed by atoms with Crippen molar-refractivity contribution in [1.82, 2.24) is 5.32 Å². The van der Waals surface area contributed by atoms with Crippen LogP contribution in [-0.2, 0) is 11.3 Å². The van der Waals surface area contributed by atoms with E-state index in [-0.39, 0.29) is 12.1 Å². The Kier molecular flexibility index (Phi) is 5.99. The molecule has 5 nitrogen and oxygen atoms in total. The highest BCUT2D eigenvalue weighted by Crippen LogP contribution is 2.24. The van der Waals surface area contributed by atoms with Gasteiger partial charge in [0.1, 0.15) is 23.1 Å². The molecule has 0 aliphatic carbocycles. The normalized spacial score (nSPS) is 10.8. The van der Waals surface area contributed by atoms with E-state index < -0.39 is 5.91 Å². The lowest BCUT2D eigenvalue weighted by Crippen LogP contribution is -2.24. The zero-order valence-electron chi connectivity index (χ0n) is 13.8. The molecule has 2 aromatic rings. The van der Waals surface area contributed by atoms with Crippen LogP contribution >= 0.6 is 11.3 Å². The highest BCUT2D eigenvalue weighted by Gasteiger charge is 2.12. The molecule has 0 unspecified atom stereocenters. The first-order valence-corrected chi connectivity index (χ1v) is 8.12. The molecule has 0 saturated heterocycles. The van der Waals surface area contributed by atoms with Crippen molar-refractivity contribution in [2.24, 2.45) is 0 Å². The first kappa shape index (κ1) is 17.6. The third-order valence-corrected chi connectivity index (χ3v) is 4.44. The Labute approximate surface area is 145 Å². The van der Waals surface area contributed by atoms with Crippen molar-refractivity contribution in [1.29, 1.82) is 5.26 Å². The molecule has 0 aliphatic rings. The van der Waals surface area contributed by atoms with Crippen LogP contribution in [0.15, 0.2) is 35.2 Å². The lowest BCUT2D eigenvalue weighted by atomic mass is 10.1. The molecule has 1 heterocycles.